The molecule has 0 spiro atoms. The number of rotatable bonds is 5. The van der Waals surface area contributed by atoms with E-state index < -0.39 is 5.91 Å². The second-order valence-corrected chi connectivity index (χ2v) is 7.66. The first-order valence-corrected chi connectivity index (χ1v) is 9.67. The maximum Gasteiger partial charge on any atom is 0.285 e. The molecule has 0 aliphatic carbocycles. The van der Waals surface area contributed by atoms with E-state index in [0.717, 1.165) is 27.9 Å². The van der Waals surface area contributed by atoms with Crippen molar-refractivity contribution in [2.75, 3.05) is 7.11 Å². The summed E-state index contributed by atoms with van der Waals surface area (Å²) in [6.07, 6.45) is 3.74. The standard InChI is InChI=1S/C21H18N2O3S2/c1-14(12-15-6-4-3-5-7-15)13-18-20(25)23(21(27)28-18)22-19(24)16-8-10-17(26-2)11-9-16/h3-13H,1-2H3,(H,22,24)/b14-12+,18-13+. The molecule has 2 amide bonds. The van der Waals surface area contributed by atoms with Crippen LogP contribution in [0, 0.1) is 0 Å². The number of benzene rings is 2. The number of carbonyl (C=O) groups excluding carboxylic acids is 2. The van der Waals surface area contributed by atoms with Crippen molar-refractivity contribution in [2.45, 2.75) is 6.92 Å². The molecule has 2 aromatic rings. The quantitative estimate of drug-likeness (QED) is 0.592. The summed E-state index contributed by atoms with van der Waals surface area (Å²) in [5.74, 6) is -0.125. The highest BCUT2D eigenvalue weighted by Crippen LogP contribution is 2.31. The molecule has 0 atom stereocenters. The Morgan fingerprint density at radius 2 is 1.82 bits per heavy atom. The Morgan fingerprint density at radius 3 is 2.46 bits per heavy atom. The lowest BCUT2D eigenvalue weighted by Gasteiger charge is -2.15. The lowest BCUT2D eigenvalue weighted by Crippen LogP contribution is -2.44. The van der Waals surface area contributed by atoms with Crippen molar-refractivity contribution in [3.05, 3.63) is 82.3 Å². The number of hydrogen-bond donors (Lipinski definition) is 1. The average Bonchev–Trinajstić information content (AvgIpc) is 2.96. The van der Waals surface area contributed by atoms with E-state index in [9.17, 15) is 9.59 Å². The van der Waals surface area contributed by atoms with Gasteiger partial charge in [0.2, 0.25) is 0 Å². The summed E-state index contributed by atoms with van der Waals surface area (Å²) < 4.78 is 5.36. The van der Waals surface area contributed by atoms with Crippen molar-refractivity contribution in [1.82, 2.24) is 10.4 Å². The van der Waals surface area contributed by atoms with Gasteiger partial charge < -0.3 is 4.74 Å². The summed E-state index contributed by atoms with van der Waals surface area (Å²) >= 11 is 6.42. The highest BCUT2D eigenvalue weighted by Gasteiger charge is 2.33. The minimum atomic E-state index is -0.420. The Hall–Kier alpha value is -2.90. The Morgan fingerprint density at radius 1 is 1.14 bits per heavy atom. The third-order valence-corrected chi connectivity index (χ3v) is 5.21. The van der Waals surface area contributed by atoms with E-state index in [1.54, 1.807) is 37.5 Å². The van der Waals surface area contributed by atoms with Gasteiger partial charge in [-0.25, -0.2) is 0 Å². The molecule has 7 heteroatoms. The lowest BCUT2D eigenvalue weighted by atomic mass is 10.1. The van der Waals surface area contributed by atoms with Gasteiger partial charge in [-0.2, -0.15) is 5.01 Å². The summed E-state index contributed by atoms with van der Waals surface area (Å²) in [5, 5.41) is 1.11. The largest absolute Gasteiger partial charge is 0.497 e. The number of nitrogens with one attached hydrogen (secondary N) is 1. The van der Waals surface area contributed by atoms with Crippen molar-refractivity contribution in [3.8, 4) is 5.75 Å². The van der Waals surface area contributed by atoms with Crippen LogP contribution >= 0.6 is 24.0 Å². The normalized spacial score (nSPS) is 15.9. The molecule has 0 radical (unpaired) electrons. The molecule has 1 aliphatic heterocycles. The summed E-state index contributed by atoms with van der Waals surface area (Å²) in [5.41, 5.74) is 4.92. The fourth-order valence-electron chi connectivity index (χ4n) is 2.53. The van der Waals surface area contributed by atoms with E-state index in [0.29, 0.717) is 16.2 Å². The van der Waals surface area contributed by atoms with Crippen LogP contribution in [0.1, 0.15) is 22.8 Å². The van der Waals surface area contributed by atoms with E-state index in [4.69, 9.17) is 17.0 Å². The van der Waals surface area contributed by atoms with Crippen molar-refractivity contribution < 1.29 is 14.3 Å². The Bertz CT molecular complexity index is 967. The number of hydrogen-bond acceptors (Lipinski definition) is 5. The number of amides is 2. The number of methoxy groups -OCH3 is 1. The predicted octanol–water partition coefficient (Wildman–Crippen LogP) is 4.19. The second-order valence-electron chi connectivity index (χ2n) is 5.99. The SMILES string of the molecule is COc1ccc(C(=O)NN2C(=O)/C(=C\C(C)=C\c3ccccc3)SC2=S)cc1. The van der Waals surface area contributed by atoms with Crippen LogP contribution < -0.4 is 10.2 Å². The van der Waals surface area contributed by atoms with Gasteiger partial charge in [-0.15, -0.1) is 0 Å². The van der Waals surface area contributed by atoms with Crippen molar-refractivity contribution in [3.63, 3.8) is 0 Å². The zero-order valence-electron chi connectivity index (χ0n) is 15.3. The van der Waals surface area contributed by atoms with Crippen molar-refractivity contribution >= 4 is 46.2 Å². The van der Waals surface area contributed by atoms with Gasteiger partial charge in [0, 0.05) is 5.56 Å². The van der Waals surface area contributed by atoms with Crippen molar-refractivity contribution in [1.29, 1.82) is 0 Å². The van der Waals surface area contributed by atoms with E-state index in [-0.39, 0.29) is 10.2 Å². The van der Waals surface area contributed by atoms with Gasteiger partial charge in [-0.3, -0.25) is 15.0 Å². The maximum absolute atomic E-state index is 12.7. The zero-order valence-corrected chi connectivity index (χ0v) is 17.0. The third kappa shape index (κ3) is 4.68. The van der Waals surface area contributed by atoms with Gasteiger partial charge in [0.15, 0.2) is 4.32 Å². The first-order valence-electron chi connectivity index (χ1n) is 8.44. The third-order valence-electron chi connectivity index (χ3n) is 3.91. The van der Waals surface area contributed by atoms with Crippen LogP contribution in [0.15, 0.2) is 71.2 Å². The molecule has 1 fully saturated rings. The number of thiocarbonyl (C=S) groups is 1. The molecule has 0 bridgehead atoms. The average molecular weight is 411 g/mol. The van der Waals surface area contributed by atoms with Crippen LogP contribution in [0.4, 0.5) is 0 Å². The van der Waals surface area contributed by atoms with Gasteiger partial charge >= 0.3 is 0 Å². The highest BCUT2D eigenvalue weighted by molar-refractivity contribution is 8.26. The maximum atomic E-state index is 12.7. The first-order chi connectivity index (χ1) is 13.5. The molecule has 0 saturated carbocycles. The summed E-state index contributed by atoms with van der Waals surface area (Å²) in [6.45, 7) is 1.91. The van der Waals surface area contributed by atoms with E-state index in [2.05, 4.69) is 5.43 Å². The van der Waals surface area contributed by atoms with Crippen LogP contribution in [0.5, 0.6) is 5.75 Å². The van der Waals surface area contributed by atoms with Crippen LogP contribution in [-0.4, -0.2) is 28.3 Å². The highest BCUT2D eigenvalue weighted by atomic mass is 32.2. The predicted molar refractivity (Wildman–Crippen MR) is 116 cm³/mol. The molecule has 0 unspecified atom stereocenters. The van der Waals surface area contributed by atoms with Crippen LogP contribution in [0.2, 0.25) is 0 Å². The molecule has 1 heterocycles. The van der Waals surface area contributed by atoms with Crippen LogP contribution in [0.3, 0.4) is 0 Å². The monoisotopic (exact) mass is 410 g/mol. The summed E-state index contributed by atoms with van der Waals surface area (Å²) in [6, 6.07) is 16.4. The number of carbonyl (C=O) groups is 2. The van der Waals surface area contributed by atoms with Gasteiger partial charge in [0.1, 0.15) is 5.75 Å². The molecule has 2 aromatic carbocycles. The lowest BCUT2D eigenvalue weighted by molar-refractivity contribution is -0.123. The molecule has 142 valence electrons. The summed E-state index contributed by atoms with van der Waals surface area (Å²) in [4.78, 5) is 25.5. The topological polar surface area (TPSA) is 58.6 Å². The van der Waals surface area contributed by atoms with E-state index >= 15 is 0 Å². The Kier molecular flexibility index (Phi) is 6.28. The fraction of sp³-hybridized carbons (Fsp3) is 0.0952. The Labute approximate surface area is 173 Å². The Balaban J connectivity index is 1.72. The van der Waals surface area contributed by atoms with E-state index in [1.165, 1.54) is 0 Å². The van der Waals surface area contributed by atoms with Gasteiger partial charge in [0.25, 0.3) is 11.8 Å². The van der Waals surface area contributed by atoms with Gasteiger partial charge in [-0.1, -0.05) is 48.2 Å². The molecule has 1 N–H and O–H groups in total. The number of nitrogens with zero attached hydrogens (tertiary/aromatic N) is 1. The van der Waals surface area contributed by atoms with Crippen LogP contribution in [-0.2, 0) is 4.79 Å². The smallest absolute Gasteiger partial charge is 0.285 e. The molecule has 3 rings (SSSR count). The van der Waals surface area contributed by atoms with Crippen molar-refractivity contribution in [2.24, 2.45) is 0 Å². The van der Waals surface area contributed by atoms with Gasteiger partial charge in [0.05, 0.1) is 12.0 Å². The van der Waals surface area contributed by atoms with Crippen LogP contribution in [0.25, 0.3) is 6.08 Å². The molecule has 28 heavy (non-hydrogen) atoms. The molecular weight excluding hydrogens is 392 g/mol. The minimum Gasteiger partial charge on any atom is -0.497 e. The number of ether oxygens (including phenoxy) is 1. The number of allylic oxidation sites excluding steroid dienone is 2. The van der Waals surface area contributed by atoms with E-state index in [1.807, 2.05) is 43.3 Å². The molecule has 5 nitrogen and oxygen atoms in total. The van der Waals surface area contributed by atoms with Gasteiger partial charge in [-0.05, 0) is 60.6 Å². The second kappa shape index (κ2) is 8.86. The zero-order chi connectivity index (χ0) is 20.1. The fourth-order valence-corrected chi connectivity index (χ4v) is 3.76. The number of thioether (sulfide) groups is 1. The first kappa shape index (κ1) is 19.9. The molecule has 0 aromatic heterocycles. The molecule has 1 saturated heterocycles. The number of hydrazine groups is 1. The molecular formula is C21H18N2O3S2. The summed E-state index contributed by atoms with van der Waals surface area (Å²) in [7, 11) is 1.55. The minimum absolute atomic E-state index is 0.283. The molecule has 1 aliphatic rings.